The molecular formula is C28H30N4O. The maximum atomic E-state index is 13.2. The van der Waals surface area contributed by atoms with Crippen molar-refractivity contribution in [2.45, 2.75) is 20.4 Å². The maximum Gasteiger partial charge on any atom is 0.253 e. The number of aryl methyl sites for hydroxylation is 2. The quantitative estimate of drug-likeness (QED) is 0.585. The van der Waals surface area contributed by atoms with Crippen molar-refractivity contribution >= 4 is 23.4 Å². The Labute approximate surface area is 196 Å². The lowest BCUT2D eigenvalue weighted by Crippen LogP contribution is -2.48. The molecule has 2 aliphatic rings. The van der Waals surface area contributed by atoms with Crippen LogP contribution < -0.4 is 4.90 Å². The van der Waals surface area contributed by atoms with Gasteiger partial charge < -0.3 is 9.80 Å². The molecule has 5 rings (SSSR count). The van der Waals surface area contributed by atoms with Crippen LogP contribution in [0.15, 0.2) is 66.7 Å². The number of aromatic nitrogens is 1. The van der Waals surface area contributed by atoms with Gasteiger partial charge in [-0.1, -0.05) is 36.4 Å². The highest BCUT2D eigenvalue weighted by Gasteiger charge is 2.24. The van der Waals surface area contributed by atoms with E-state index in [0.29, 0.717) is 0 Å². The number of piperazine rings is 1. The summed E-state index contributed by atoms with van der Waals surface area (Å²) in [7, 11) is 0. The number of nitrogens with zero attached hydrogens (tertiary/aromatic N) is 4. The Bertz CT molecular complexity index is 1190. The summed E-state index contributed by atoms with van der Waals surface area (Å²) >= 11 is 0. The lowest BCUT2D eigenvalue weighted by Gasteiger charge is -2.35. The van der Waals surface area contributed by atoms with Gasteiger partial charge >= 0.3 is 0 Å². The van der Waals surface area contributed by atoms with Gasteiger partial charge in [0.1, 0.15) is 0 Å². The predicted octanol–water partition coefficient (Wildman–Crippen LogP) is 4.82. The summed E-state index contributed by atoms with van der Waals surface area (Å²) in [5.41, 5.74) is 7.61. The van der Waals surface area contributed by atoms with Crippen molar-refractivity contribution < 1.29 is 4.79 Å². The molecule has 1 saturated heterocycles. The van der Waals surface area contributed by atoms with Crippen molar-refractivity contribution in [3.63, 3.8) is 0 Å². The third-order valence-corrected chi connectivity index (χ3v) is 6.54. The molecule has 0 saturated carbocycles. The minimum atomic E-state index is 0.122. The molecule has 0 unspecified atom stereocenters. The molecule has 5 nitrogen and oxygen atoms in total. The molecule has 0 bridgehead atoms. The minimum Gasteiger partial charge on any atom is -0.337 e. The van der Waals surface area contributed by atoms with Crippen LogP contribution in [0.25, 0.3) is 6.08 Å². The zero-order valence-electron chi connectivity index (χ0n) is 19.4. The Morgan fingerprint density at radius 3 is 2.52 bits per heavy atom. The number of hydrogen-bond acceptors (Lipinski definition) is 4. The molecule has 5 heteroatoms. The number of amides is 1. The van der Waals surface area contributed by atoms with Crippen LogP contribution in [0.5, 0.6) is 0 Å². The summed E-state index contributed by atoms with van der Waals surface area (Å²) in [6, 6.07) is 20.7. The van der Waals surface area contributed by atoms with Gasteiger partial charge in [0.05, 0.1) is 5.69 Å². The molecule has 0 spiro atoms. The molecule has 0 radical (unpaired) electrons. The van der Waals surface area contributed by atoms with Gasteiger partial charge in [-0.25, -0.2) is 0 Å². The van der Waals surface area contributed by atoms with Gasteiger partial charge in [-0.2, -0.15) is 0 Å². The second-order valence-electron chi connectivity index (χ2n) is 8.91. The van der Waals surface area contributed by atoms with Gasteiger partial charge in [-0.05, 0) is 61.4 Å². The molecule has 1 amide bonds. The molecule has 1 fully saturated rings. The van der Waals surface area contributed by atoms with E-state index in [1.807, 2.05) is 30.0 Å². The Balaban J connectivity index is 1.25. The monoisotopic (exact) mass is 438 g/mol. The molecule has 0 atom stereocenters. The fourth-order valence-electron chi connectivity index (χ4n) is 4.79. The molecule has 0 aliphatic carbocycles. The van der Waals surface area contributed by atoms with Crippen LogP contribution in [0.2, 0.25) is 0 Å². The van der Waals surface area contributed by atoms with Gasteiger partial charge in [0, 0.05) is 61.9 Å². The van der Waals surface area contributed by atoms with Crippen LogP contribution in [-0.2, 0) is 6.54 Å². The summed E-state index contributed by atoms with van der Waals surface area (Å²) < 4.78 is 0. The molecule has 3 heterocycles. The summed E-state index contributed by atoms with van der Waals surface area (Å²) in [6.07, 6.45) is 4.36. The normalized spacial score (nSPS) is 16.1. The fourth-order valence-corrected chi connectivity index (χ4v) is 4.79. The number of pyridine rings is 1. The van der Waals surface area contributed by atoms with Crippen molar-refractivity contribution in [3.8, 4) is 0 Å². The van der Waals surface area contributed by atoms with E-state index in [4.69, 9.17) is 0 Å². The van der Waals surface area contributed by atoms with E-state index in [2.05, 4.69) is 76.3 Å². The van der Waals surface area contributed by atoms with Crippen molar-refractivity contribution in [2.75, 3.05) is 37.6 Å². The second kappa shape index (κ2) is 9.20. The molecule has 0 N–H and O–H groups in total. The molecule has 168 valence electrons. The van der Waals surface area contributed by atoms with Crippen LogP contribution >= 0.6 is 0 Å². The highest BCUT2D eigenvalue weighted by Crippen LogP contribution is 2.34. The van der Waals surface area contributed by atoms with Gasteiger partial charge in [-0.15, -0.1) is 0 Å². The summed E-state index contributed by atoms with van der Waals surface area (Å²) in [5.74, 6) is 0.122. The largest absolute Gasteiger partial charge is 0.337 e. The van der Waals surface area contributed by atoms with Crippen molar-refractivity contribution in [3.05, 3.63) is 94.8 Å². The van der Waals surface area contributed by atoms with E-state index in [1.165, 1.54) is 11.3 Å². The molecule has 3 aromatic rings. The summed E-state index contributed by atoms with van der Waals surface area (Å²) in [6.45, 7) is 9.02. The standard InChI is InChI=1S/C28H30N4O/c1-21-19-24(12-13-26(21)32-14-6-9-23-8-3-4-11-27(23)32)28(33)31-17-15-30(16-18-31)20-25-10-5-7-22(2)29-25/h3-13,19H,14-18,20H2,1-2H3. The van der Waals surface area contributed by atoms with E-state index in [9.17, 15) is 4.79 Å². The van der Waals surface area contributed by atoms with E-state index < -0.39 is 0 Å². The lowest BCUT2D eigenvalue weighted by molar-refractivity contribution is 0.0627. The Morgan fingerprint density at radius 2 is 1.73 bits per heavy atom. The van der Waals surface area contributed by atoms with Gasteiger partial charge in [0.25, 0.3) is 5.91 Å². The Morgan fingerprint density at radius 1 is 0.909 bits per heavy atom. The SMILES string of the molecule is Cc1cccc(CN2CCN(C(=O)c3ccc(N4CC=Cc5ccccc54)c(C)c3)CC2)n1. The first-order valence-electron chi connectivity index (χ1n) is 11.7. The Hall–Kier alpha value is -3.44. The van der Waals surface area contributed by atoms with Crippen LogP contribution in [0.4, 0.5) is 11.4 Å². The first-order chi connectivity index (χ1) is 16.1. The van der Waals surface area contributed by atoms with E-state index in [-0.39, 0.29) is 5.91 Å². The zero-order valence-corrected chi connectivity index (χ0v) is 19.4. The number of fused-ring (bicyclic) bond motifs is 1. The van der Waals surface area contributed by atoms with Gasteiger partial charge in [-0.3, -0.25) is 14.7 Å². The van der Waals surface area contributed by atoms with Crippen LogP contribution in [0.1, 0.15) is 32.9 Å². The zero-order chi connectivity index (χ0) is 22.8. The Kier molecular flexibility index (Phi) is 5.97. The van der Waals surface area contributed by atoms with E-state index >= 15 is 0 Å². The van der Waals surface area contributed by atoms with Crippen molar-refractivity contribution in [1.82, 2.24) is 14.8 Å². The molecular weight excluding hydrogens is 408 g/mol. The lowest BCUT2D eigenvalue weighted by atomic mass is 10.0. The maximum absolute atomic E-state index is 13.2. The van der Waals surface area contributed by atoms with Crippen molar-refractivity contribution in [2.24, 2.45) is 0 Å². The van der Waals surface area contributed by atoms with Crippen LogP contribution in [-0.4, -0.2) is 53.4 Å². The third kappa shape index (κ3) is 4.55. The van der Waals surface area contributed by atoms with Crippen LogP contribution in [0.3, 0.4) is 0 Å². The predicted molar refractivity (Wildman–Crippen MR) is 134 cm³/mol. The molecule has 33 heavy (non-hydrogen) atoms. The number of rotatable bonds is 4. The van der Waals surface area contributed by atoms with Crippen LogP contribution in [0, 0.1) is 13.8 Å². The number of carbonyl (C=O) groups is 1. The smallest absolute Gasteiger partial charge is 0.253 e. The first kappa shape index (κ1) is 21.4. The average Bonchev–Trinajstić information content (AvgIpc) is 2.84. The highest BCUT2D eigenvalue weighted by atomic mass is 16.2. The fraction of sp³-hybridized carbons (Fsp3) is 0.286. The third-order valence-electron chi connectivity index (χ3n) is 6.54. The number of carbonyl (C=O) groups excluding carboxylic acids is 1. The van der Waals surface area contributed by atoms with E-state index in [1.54, 1.807) is 0 Å². The average molecular weight is 439 g/mol. The topological polar surface area (TPSA) is 39.7 Å². The van der Waals surface area contributed by atoms with Crippen molar-refractivity contribution in [1.29, 1.82) is 0 Å². The molecule has 2 aliphatic heterocycles. The number of benzene rings is 2. The second-order valence-corrected chi connectivity index (χ2v) is 8.91. The molecule has 1 aromatic heterocycles. The summed E-state index contributed by atoms with van der Waals surface area (Å²) in [5, 5.41) is 0. The molecule has 2 aromatic carbocycles. The highest BCUT2D eigenvalue weighted by molar-refractivity contribution is 5.95. The number of hydrogen-bond donors (Lipinski definition) is 0. The summed E-state index contributed by atoms with van der Waals surface area (Å²) in [4.78, 5) is 24.5. The van der Waals surface area contributed by atoms with Gasteiger partial charge in [0.15, 0.2) is 0 Å². The minimum absolute atomic E-state index is 0.122. The van der Waals surface area contributed by atoms with Gasteiger partial charge in [0.2, 0.25) is 0 Å². The number of para-hydroxylation sites is 1. The number of anilines is 2. The first-order valence-corrected chi connectivity index (χ1v) is 11.7. The van der Waals surface area contributed by atoms with E-state index in [0.717, 1.165) is 67.5 Å².